The minimum atomic E-state index is -3.52. The van der Waals surface area contributed by atoms with Crippen LogP contribution in [0.1, 0.15) is 5.56 Å². The van der Waals surface area contributed by atoms with Gasteiger partial charge in [-0.1, -0.05) is 17.7 Å². The molecule has 0 aliphatic heterocycles. The predicted octanol–water partition coefficient (Wildman–Crippen LogP) is 2.08. The average molecular weight is 220 g/mol. The molecular formula is C7H9O4PS. The molecule has 4 nitrogen and oxygen atoms in total. The fourth-order valence-electron chi connectivity index (χ4n) is 0.749. The molecule has 0 aliphatic carbocycles. The maximum Gasteiger partial charge on any atom is 0.405 e. The summed E-state index contributed by atoms with van der Waals surface area (Å²) >= 11 is 4.43. The summed E-state index contributed by atoms with van der Waals surface area (Å²) in [7, 11) is 0. The third kappa shape index (κ3) is 3.42. The second-order valence-electron chi connectivity index (χ2n) is 2.45. The van der Waals surface area contributed by atoms with E-state index >= 15 is 0 Å². The van der Waals surface area contributed by atoms with Gasteiger partial charge in [0.15, 0.2) is 0 Å². The van der Waals surface area contributed by atoms with Crippen LogP contribution < -0.4 is 4.52 Å². The third-order valence-corrected chi connectivity index (χ3v) is 2.42. The predicted molar refractivity (Wildman–Crippen MR) is 52.0 cm³/mol. The van der Waals surface area contributed by atoms with E-state index in [9.17, 15) is 0 Å². The molecule has 6 heteroatoms. The van der Waals surface area contributed by atoms with Gasteiger partial charge in [0.2, 0.25) is 0 Å². The molecule has 0 saturated heterocycles. The van der Waals surface area contributed by atoms with Gasteiger partial charge in [-0.05, 0) is 19.1 Å². The van der Waals surface area contributed by atoms with Crippen molar-refractivity contribution in [1.29, 1.82) is 0 Å². The summed E-state index contributed by atoms with van der Waals surface area (Å²) in [4.78, 5) is 9.08. The summed E-state index contributed by atoms with van der Waals surface area (Å²) in [5.74, 6) is 0.366. The second-order valence-corrected chi connectivity index (χ2v) is 5.12. The Hall–Kier alpha value is -0.450. The van der Waals surface area contributed by atoms with Crippen molar-refractivity contribution in [1.82, 2.24) is 0 Å². The molecule has 1 aromatic carbocycles. The zero-order valence-electron chi connectivity index (χ0n) is 6.88. The smallest absolute Gasteiger partial charge is 0.405 e. The number of hydrogen-bond donors (Lipinski definition) is 2. The van der Waals surface area contributed by atoms with E-state index in [1.807, 2.05) is 6.92 Å². The molecule has 1 rings (SSSR count). The average Bonchev–Trinajstić information content (AvgIpc) is 2.09. The monoisotopic (exact) mass is 220 g/mol. The lowest BCUT2D eigenvalue weighted by Gasteiger charge is -2.11. The van der Waals surface area contributed by atoms with Gasteiger partial charge >= 0.3 is 6.72 Å². The van der Waals surface area contributed by atoms with Gasteiger partial charge in [0.05, 0.1) is 0 Å². The van der Waals surface area contributed by atoms with E-state index in [2.05, 4.69) is 16.5 Å². The molecule has 0 fully saturated rings. The first kappa shape index (κ1) is 10.6. The number of aryl methyl sites for hydroxylation is 1. The topological polar surface area (TPSA) is 58.9 Å². The van der Waals surface area contributed by atoms with E-state index in [1.165, 1.54) is 0 Å². The van der Waals surface area contributed by atoms with E-state index < -0.39 is 6.72 Å². The summed E-state index contributed by atoms with van der Waals surface area (Å²) in [6, 6.07) is 6.85. The molecule has 0 saturated carbocycles. The van der Waals surface area contributed by atoms with Crippen LogP contribution in [0.2, 0.25) is 0 Å². The lowest BCUT2D eigenvalue weighted by molar-refractivity contribution is -0.146. The van der Waals surface area contributed by atoms with Crippen LogP contribution in [0, 0.1) is 6.92 Å². The van der Waals surface area contributed by atoms with Crippen LogP contribution in [-0.2, 0) is 16.5 Å². The van der Waals surface area contributed by atoms with Crippen molar-refractivity contribution in [2.24, 2.45) is 0 Å². The summed E-state index contributed by atoms with van der Waals surface area (Å²) in [5, 5.41) is 8.18. The highest BCUT2D eigenvalue weighted by Crippen LogP contribution is 2.42. The highest BCUT2D eigenvalue weighted by Gasteiger charge is 2.15. The van der Waals surface area contributed by atoms with Crippen LogP contribution >= 0.6 is 6.72 Å². The van der Waals surface area contributed by atoms with Crippen LogP contribution in [-0.4, -0.2) is 10.2 Å². The largest absolute Gasteiger partial charge is 0.423 e. The lowest BCUT2D eigenvalue weighted by atomic mass is 10.2. The van der Waals surface area contributed by atoms with Crippen molar-refractivity contribution in [2.45, 2.75) is 6.92 Å². The van der Waals surface area contributed by atoms with Gasteiger partial charge in [-0.15, -0.1) is 4.67 Å². The number of rotatable bonds is 3. The Morgan fingerprint density at radius 2 is 1.85 bits per heavy atom. The van der Waals surface area contributed by atoms with Gasteiger partial charge in [-0.3, -0.25) is 0 Å². The standard InChI is InChI=1S/C7H9O4PS/c1-6-2-4-7(5-3-6)10-12(9,13)11-8/h2-5,8H,1H3,(H,9,13). The molecule has 0 radical (unpaired) electrons. The maximum atomic E-state index is 9.08. The third-order valence-electron chi connectivity index (χ3n) is 1.34. The Bertz CT molecular complexity index is 324. The summed E-state index contributed by atoms with van der Waals surface area (Å²) in [6.45, 7) is -1.60. The Morgan fingerprint density at radius 3 is 2.31 bits per heavy atom. The van der Waals surface area contributed by atoms with Gasteiger partial charge in [0, 0.05) is 11.8 Å². The van der Waals surface area contributed by atoms with Crippen molar-refractivity contribution in [2.75, 3.05) is 0 Å². The molecule has 0 aromatic heterocycles. The molecule has 72 valence electrons. The zero-order chi connectivity index (χ0) is 9.90. The maximum absolute atomic E-state index is 9.08. The quantitative estimate of drug-likeness (QED) is 0.464. The van der Waals surface area contributed by atoms with E-state index in [-0.39, 0.29) is 0 Å². The van der Waals surface area contributed by atoms with E-state index in [0.717, 1.165) is 5.56 Å². The van der Waals surface area contributed by atoms with Crippen molar-refractivity contribution < 1.29 is 19.3 Å². The molecule has 0 aliphatic rings. The first-order valence-corrected chi connectivity index (χ1v) is 6.05. The van der Waals surface area contributed by atoms with E-state index in [4.69, 9.17) is 14.7 Å². The first-order chi connectivity index (χ1) is 6.03. The van der Waals surface area contributed by atoms with Crippen molar-refractivity contribution in [3.63, 3.8) is 0 Å². The molecular weight excluding hydrogens is 211 g/mol. The molecule has 13 heavy (non-hydrogen) atoms. The lowest BCUT2D eigenvalue weighted by Crippen LogP contribution is -1.93. The van der Waals surface area contributed by atoms with Gasteiger partial charge in [-0.25, -0.2) is 5.26 Å². The molecule has 1 atom stereocenters. The molecule has 2 N–H and O–H groups in total. The number of benzene rings is 1. The van der Waals surface area contributed by atoms with Crippen molar-refractivity contribution >= 4 is 18.5 Å². The van der Waals surface area contributed by atoms with Gasteiger partial charge in [0.25, 0.3) is 0 Å². The van der Waals surface area contributed by atoms with Crippen molar-refractivity contribution in [3.05, 3.63) is 29.8 Å². The van der Waals surface area contributed by atoms with Gasteiger partial charge in [0.1, 0.15) is 5.75 Å². The molecule has 0 heterocycles. The fourth-order valence-corrected chi connectivity index (χ4v) is 1.43. The Labute approximate surface area is 80.9 Å². The SMILES string of the molecule is Cc1ccc(OP(O)(=S)OO)cc1. The zero-order valence-corrected chi connectivity index (χ0v) is 8.59. The summed E-state index contributed by atoms with van der Waals surface area (Å²) in [6.07, 6.45) is 0. The van der Waals surface area contributed by atoms with Crippen LogP contribution in [0.4, 0.5) is 0 Å². The molecule has 1 unspecified atom stereocenters. The Balaban J connectivity index is 2.75. The summed E-state index contributed by atoms with van der Waals surface area (Å²) < 4.78 is 8.45. The molecule has 0 spiro atoms. The van der Waals surface area contributed by atoms with Crippen LogP contribution in [0.25, 0.3) is 0 Å². The number of hydrogen-bond acceptors (Lipinski definition) is 4. The van der Waals surface area contributed by atoms with Crippen LogP contribution in [0.3, 0.4) is 0 Å². The Morgan fingerprint density at radius 1 is 1.31 bits per heavy atom. The molecule has 0 amide bonds. The van der Waals surface area contributed by atoms with Gasteiger partial charge in [-0.2, -0.15) is 0 Å². The van der Waals surface area contributed by atoms with Crippen LogP contribution in [0.15, 0.2) is 24.3 Å². The highest BCUT2D eigenvalue weighted by atomic mass is 32.5. The minimum absolute atomic E-state index is 0.366. The fraction of sp³-hybridized carbons (Fsp3) is 0.143. The molecule has 1 aromatic rings. The first-order valence-electron chi connectivity index (χ1n) is 3.46. The second kappa shape index (κ2) is 4.17. The highest BCUT2D eigenvalue weighted by molar-refractivity contribution is 8.07. The van der Waals surface area contributed by atoms with Gasteiger partial charge < -0.3 is 9.42 Å². The Kier molecular flexibility index (Phi) is 3.41. The minimum Gasteiger partial charge on any atom is -0.423 e. The normalized spacial score (nSPS) is 15.0. The van der Waals surface area contributed by atoms with Crippen LogP contribution in [0.5, 0.6) is 5.75 Å². The van der Waals surface area contributed by atoms with Crippen molar-refractivity contribution in [3.8, 4) is 5.75 Å². The molecule has 0 bridgehead atoms. The van der Waals surface area contributed by atoms with E-state index in [0.29, 0.717) is 5.75 Å². The van der Waals surface area contributed by atoms with E-state index in [1.54, 1.807) is 24.3 Å². The summed E-state index contributed by atoms with van der Waals surface area (Å²) in [5.41, 5.74) is 1.06.